The Morgan fingerprint density at radius 2 is 0.984 bits per heavy atom. The zero-order chi connectivity index (χ0) is 44.5. The summed E-state index contributed by atoms with van der Waals surface area (Å²) in [6.07, 6.45) is -8.29. The number of ether oxygens (including phenoxy) is 4. The van der Waals surface area contributed by atoms with E-state index in [1.807, 2.05) is 0 Å². The van der Waals surface area contributed by atoms with Crippen LogP contribution >= 0.6 is 0 Å². The van der Waals surface area contributed by atoms with Gasteiger partial charge in [-0.1, -0.05) is 12.1 Å². The van der Waals surface area contributed by atoms with Crippen molar-refractivity contribution in [3.05, 3.63) is 123 Å². The number of hydrogen-bond donors (Lipinski definition) is 14. The zero-order valence-electron chi connectivity index (χ0n) is 32.1. The van der Waals surface area contributed by atoms with Gasteiger partial charge in [-0.25, -0.2) is 0 Å². The summed E-state index contributed by atoms with van der Waals surface area (Å²) in [6.45, 7) is 0. The van der Waals surface area contributed by atoms with Crippen molar-refractivity contribution in [3.8, 4) is 86.2 Å². The number of benzene rings is 6. The Labute approximate surface area is 354 Å². The molecule has 18 nitrogen and oxygen atoms in total. The van der Waals surface area contributed by atoms with Crippen molar-refractivity contribution in [3.63, 3.8) is 0 Å². The van der Waals surface area contributed by atoms with Crippen molar-refractivity contribution < 1.29 is 90.4 Å². The first kappa shape index (κ1) is 39.3. The molecule has 0 spiro atoms. The van der Waals surface area contributed by atoms with Crippen molar-refractivity contribution in [2.75, 3.05) is 0 Å². The van der Waals surface area contributed by atoms with Crippen molar-refractivity contribution in [1.29, 1.82) is 0 Å². The smallest absolute Gasteiger partial charge is 0.305 e. The van der Waals surface area contributed by atoms with Crippen LogP contribution in [0.2, 0.25) is 0 Å². The molecule has 0 aliphatic carbocycles. The number of fused-ring (bicyclic) bond motifs is 9. The molecule has 4 aliphatic heterocycles. The Morgan fingerprint density at radius 3 is 1.62 bits per heavy atom. The Balaban J connectivity index is 1.25. The fraction of sp³-hybridized carbons (Fsp3) is 0.200. The topological polar surface area (TPSA) is 320 Å². The molecule has 6 aromatic rings. The third kappa shape index (κ3) is 5.68. The summed E-state index contributed by atoms with van der Waals surface area (Å²) in [7, 11) is 0. The SMILES string of the molecule is Oc1cc(O)c2c(c1)O[C@@]1(c3ccc(O)c(O)c3)Oc3cc(O)c4c(c3[C@@H]2[C@H]1O)OC(c1ccc(O)c(O)c1)C(O)C4c1c(O)cc(O)c2c1OC(c1ccc(O)c(O)c1)C(O)C2. The van der Waals surface area contributed by atoms with Crippen molar-refractivity contribution >= 4 is 0 Å². The number of aliphatic hydroxyl groups is 3. The number of hydrogen-bond acceptors (Lipinski definition) is 18. The van der Waals surface area contributed by atoms with Gasteiger partial charge in [-0.2, -0.15) is 0 Å². The summed E-state index contributed by atoms with van der Waals surface area (Å²) >= 11 is 0. The number of aliphatic hydroxyl groups excluding tert-OH is 3. The minimum Gasteiger partial charge on any atom is -0.508 e. The van der Waals surface area contributed by atoms with E-state index in [9.17, 15) is 71.5 Å². The fourth-order valence-electron chi connectivity index (χ4n) is 9.32. The molecule has 4 aliphatic rings. The average molecular weight is 865 g/mol. The molecule has 0 saturated carbocycles. The number of phenols is 11. The van der Waals surface area contributed by atoms with Crippen LogP contribution in [-0.4, -0.2) is 89.8 Å². The maximum atomic E-state index is 12.5. The molecule has 5 unspecified atom stereocenters. The number of aromatic hydroxyl groups is 11. The van der Waals surface area contributed by atoms with Gasteiger partial charge in [0.25, 0.3) is 0 Å². The van der Waals surface area contributed by atoms with Gasteiger partial charge in [0, 0.05) is 64.1 Å². The predicted octanol–water partition coefficient (Wildman–Crippen LogP) is 4.24. The van der Waals surface area contributed by atoms with Gasteiger partial charge >= 0.3 is 5.79 Å². The molecule has 63 heavy (non-hydrogen) atoms. The highest BCUT2D eigenvalue weighted by Gasteiger charge is 2.61. The highest BCUT2D eigenvalue weighted by atomic mass is 16.7. The molecule has 0 saturated heterocycles. The molecule has 324 valence electrons. The third-order valence-electron chi connectivity index (χ3n) is 12.2. The quantitative estimate of drug-likeness (QED) is 0.110. The largest absolute Gasteiger partial charge is 0.508 e. The number of phenolic OH excluding ortho intramolecular Hbond substituents is 11. The second-order valence-corrected chi connectivity index (χ2v) is 15.9. The van der Waals surface area contributed by atoms with Crippen molar-refractivity contribution in [2.45, 2.75) is 54.6 Å². The minimum atomic E-state index is -2.31. The summed E-state index contributed by atoms with van der Waals surface area (Å²) in [6, 6.07) is 14.8. The molecule has 2 bridgehead atoms. The van der Waals surface area contributed by atoms with Gasteiger partial charge < -0.3 is 90.4 Å². The highest BCUT2D eigenvalue weighted by Crippen LogP contribution is 2.65. The Hall–Kier alpha value is -7.80. The van der Waals surface area contributed by atoms with E-state index < -0.39 is 111 Å². The number of rotatable bonds is 4. The second-order valence-electron chi connectivity index (χ2n) is 15.9. The molecule has 6 aromatic carbocycles. The van der Waals surface area contributed by atoms with E-state index in [-0.39, 0.29) is 73.9 Å². The maximum Gasteiger partial charge on any atom is 0.305 e. The van der Waals surface area contributed by atoms with Crippen molar-refractivity contribution in [1.82, 2.24) is 0 Å². The van der Waals surface area contributed by atoms with Crippen LogP contribution in [0.3, 0.4) is 0 Å². The molecular weight excluding hydrogens is 828 g/mol. The molecule has 14 N–H and O–H groups in total. The van der Waals surface area contributed by atoms with Crippen LogP contribution in [0.1, 0.15) is 68.6 Å². The predicted molar refractivity (Wildman–Crippen MR) is 212 cm³/mol. The van der Waals surface area contributed by atoms with Gasteiger partial charge in [-0.05, 0) is 53.6 Å². The van der Waals surface area contributed by atoms with Gasteiger partial charge in [-0.3, -0.25) is 0 Å². The Morgan fingerprint density at radius 1 is 0.444 bits per heavy atom. The summed E-state index contributed by atoms with van der Waals surface area (Å²) in [5.74, 6) is -12.6. The zero-order valence-corrected chi connectivity index (χ0v) is 32.1. The molecule has 0 amide bonds. The molecule has 8 atom stereocenters. The first-order valence-electron chi connectivity index (χ1n) is 19.3. The Kier molecular flexibility index (Phi) is 8.49. The summed E-state index contributed by atoms with van der Waals surface area (Å²) in [4.78, 5) is 0. The van der Waals surface area contributed by atoms with Crippen LogP contribution in [0, 0.1) is 0 Å². The van der Waals surface area contributed by atoms with Crippen LogP contribution in [0.4, 0.5) is 0 Å². The summed E-state index contributed by atoms with van der Waals surface area (Å²) < 4.78 is 25.6. The first-order valence-corrected chi connectivity index (χ1v) is 19.3. The minimum absolute atomic E-state index is 0.0325. The molecule has 0 fully saturated rings. The average Bonchev–Trinajstić information content (AvgIpc) is 3.22. The van der Waals surface area contributed by atoms with E-state index >= 15 is 0 Å². The monoisotopic (exact) mass is 864 g/mol. The summed E-state index contributed by atoms with van der Waals surface area (Å²) in [5, 5.41) is 155. The van der Waals surface area contributed by atoms with Crippen LogP contribution in [0.25, 0.3) is 0 Å². The normalized spacial score (nSPS) is 25.2. The van der Waals surface area contributed by atoms with Gasteiger partial charge in [-0.15, -0.1) is 0 Å². The molecular formula is C45H36O18. The van der Waals surface area contributed by atoms with Crippen LogP contribution in [-0.2, 0) is 12.2 Å². The molecule has 0 aromatic heterocycles. The van der Waals surface area contributed by atoms with Crippen LogP contribution in [0.5, 0.6) is 86.2 Å². The van der Waals surface area contributed by atoms with Gasteiger partial charge in [0.05, 0.1) is 17.9 Å². The molecule has 4 heterocycles. The second kappa shape index (κ2) is 13.6. The lowest BCUT2D eigenvalue weighted by molar-refractivity contribution is -0.219. The van der Waals surface area contributed by atoms with Crippen molar-refractivity contribution in [2.24, 2.45) is 0 Å². The standard InChI is InChI=1S/C45H36O18/c46-18-10-27(54)33-31(11-18)62-45(17-3-6-22(49)26(53)9-17)44(59)38(33)36-32(63-45)14-29(56)35-37(39(58)41(61-43(35)36)16-2-5-21(48)25(52)8-16)34-28(55)13-23(50)19-12-30(57)40(60-42(19)34)15-1-4-20(47)24(51)7-15/h1-11,13-14,30,37-41,44,46-59H,12H2/t30?,37?,38-,39?,40?,41?,44-,45+/m1/s1. The van der Waals surface area contributed by atoms with E-state index in [2.05, 4.69) is 0 Å². The lowest BCUT2D eigenvalue weighted by Crippen LogP contribution is -2.57. The molecule has 0 radical (unpaired) electrons. The van der Waals surface area contributed by atoms with Crippen LogP contribution in [0.15, 0.2) is 78.9 Å². The van der Waals surface area contributed by atoms with Crippen LogP contribution < -0.4 is 18.9 Å². The van der Waals surface area contributed by atoms with E-state index in [0.29, 0.717) is 0 Å². The van der Waals surface area contributed by atoms with Gasteiger partial charge in [0.15, 0.2) is 40.6 Å². The lowest BCUT2D eigenvalue weighted by atomic mass is 9.71. The third-order valence-corrected chi connectivity index (χ3v) is 12.2. The van der Waals surface area contributed by atoms with E-state index in [4.69, 9.17) is 18.9 Å². The Bertz CT molecular complexity index is 2910. The molecule has 18 heteroatoms. The highest BCUT2D eigenvalue weighted by molar-refractivity contribution is 5.72. The maximum absolute atomic E-state index is 12.5. The first-order chi connectivity index (χ1) is 30.0. The van der Waals surface area contributed by atoms with E-state index in [1.165, 1.54) is 18.2 Å². The van der Waals surface area contributed by atoms with Gasteiger partial charge in [0.1, 0.15) is 70.1 Å². The summed E-state index contributed by atoms with van der Waals surface area (Å²) in [5.41, 5.74) is -0.583. The lowest BCUT2D eigenvalue weighted by Gasteiger charge is -2.51. The molecule has 10 rings (SSSR count). The fourth-order valence-corrected chi connectivity index (χ4v) is 9.32. The van der Waals surface area contributed by atoms with Gasteiger partial charge in [0.2, 0.25) is 0 Å². The van der Waals surface area contributed by atoms with E-state index in [0.717, 1.165) is 60.7 Å². The van der Waals surface area contributed by atoms with E-state index in [1.54, 1.807) is 0 Å².